The molecule has 1 unspecified atom stereocenters. The third kappa shape index (κ3) is 4.78. The second-order valence-corrected chi connectivity index (χ2v) is 7.55. The fraction of sp³-hybridized carbons (Fsp3) is 0.364. The number of nitriles is 1. The molecule has 0 radical (unpaired) electrons. The highest BCUT2D eigenvalue weighted by Crippen LogP contribution is 2.30. The molecule has 0 saturated heterocycles. The topological polar surface area (TPSA) is 101 Å². The maximum atomic E-state index is 12.2. The molecule has 156 valence electrons. The van der Waals surface area contributed by atoms with Gasteiger partial charge in [-0.3, -0.25) is 4.79 Å². The summed E-state index contributed by atoms with van der Waals surface area (Å²) in [5.74, 6) is 0.331. The molecule has 1 aromatic carbocycles. The summed E-state index contributed by atoms with van der Waals surface area (Å²) in [4.78, 5) is 23.4. The summed E-state index contributed by atoms with van der Waals surface area (Å²) in [6.07, 6.45) is 0.960. The number of fused-ring (bicyclic) bond motifs is 1. The van der Waals surface area contributed by atoms with Gasteiger partial charge in [-0.2, -0.15) is 10.2 Å². The van der Waals surface area contributed by atoms with Gasteiger partial charge in [0.1, 0.15) is 6.61 Å². The molecule has 3 aromatic rings. The monoisotopic (exact) mass is 426 g/mol. The second kappa shape index (κ2) is 9.24. The summed E-state index contributed by atoms with van der Waals surface area (Å²) in [6, 6.07) is 11.6. The van der Waals surface area contributed by atoms with Crippen LogP contribution in [0.2, 0.25) is 5.28 Å². The van der Waals surface area contributed by atoms with Crippen LogP contribution in [0, 0.1) is 11.3 Å². The predicted molar refractivity (Wildman–Crippen MR) is 115 cm³/mol. The van der Waals surface area contributed by atoms with E-state index in [0.29, 0.717) is 43.1 Å². The zero-order valence-electron chi connectivity index (χ0n) is 17.2. The number of aromatic amines is 1. The number of aryl methyl sites for hydroxylation is 1. The van der Waals surface area contributed by atoms with Gasteiger partial charge in [-0.15, -0.1) is 0 Å². The zero-order valence-corrected chi connectivity index (χ0v) is 17.9. The van der Waals surface area contributed by atoms with Crippen LogP contribution in [0.5, 0.6) is 5.88 Å². The number of aromatic nitrogens is 3. The average molecular weight is 427 g/mol. The molecule has 2 heterocycles. The van der Waals surface area contributed by atoms with Crippen molar-refractivity contribution in [2.24, 2.45) is 0 Å². The average Bonchev–Trinajstić information content (AvgIpc) is 2.72. The van der Waals surface area contributed by atoms with E-state index < -0.39 is 5.41 Å². The fourth-order valence-electron chi connectivity index (χ4n) is 3.26. The van der Waals surface area contributed by atoms with E-state index in [-0.39, 0.29) is 10.8 Å². The summed E-state index contributed by atoms with van der Waals surface area (Å²) >= 11 is 6.05. The van der Waals surface area contributed by atoms with Crippen molar-refractivity contribution in [2.75, 3.05) is 20.3 Å². The molecule has 1 N–H and O–H groups in total. The molecule has 1 atom stereocenters. The molecule has 7 nitrogen and oxygen atoms in total. The molecule has 0 amide bonds. The Kier molecular flexibility index (Phi) is 6.70. The Hall–Kier alpha value is -2.95. The largest absolute Gasteiger partial charge is 0.475 e. The number of nitrogens with zero attached hydrogens (tertiary/aromatic N) is 3. The molecule has 2 aromatic heterocycles. The van der Waals surface area contributed by atoms with Crippen LogP contribution in [0.1, 0.15) is 30.7 Å². The van der Waals surface area contributed by atoms with Crippen LogP contribution in [-0.4, -0.2) is 35.3 Å². The summed E-state index contributed by atoms with van der Waals surface area (Å²) in [6.45, 7) is 4.52. The molecule has 0 aliphatic heterocycles. The van der Waals surface area contributed by atoms with E-state index in [9.17, 15) is 10.1 Å². The van der Waals surface area contributed by atoms with Gasteiger partial charge < -0.3 is 14.5 Å². The van der Waals surface area contributed by atoms with Gasteiger partial charge in [0.2, 0.25) is 11.2 Å². The van der Waals surface area contributed by atoms with Crippen LogP contribution in [0.4, 0.5) is 0 Å². The van der Waals surface area contributed by atoms with Gasteiger partial charge in [0.15, 0.2) is 0 Å². The highest BCUT2D eigenvalue weighted by molar-refractivity contribution is 6.28. The summed E-state index contributed by atoms with van der Waals surface area (Å²) < 4.78 is 10.5. The van der Waals surface area contributed by atoms with E-state index >= 15 is 0 Å². The van der Waals surface area contributed by atoms with E-state index in [2.05, 4.69) is 21.0 Å². The van der Waals surface area contributed by atoms with Crippen molar-refractivity contribution in [2.45, 2.75) is 32.1 Å². The van der Waals surface area contributed by atoms with Crippen molar-refractivity contribution in [1.29, 1.82) is 5.26 Å². The maximum Gasteiger partial charge on any atom is 0.251 e. The molecular formula is C22H23ClN4O3. The number of halogens is 1. The van der Waals surface area contributed by atoms with Crippen LogP contribution in [0.25, 0.3) is 10.9 Å². The predicted octanol–water partition coefficient (Wildman–Crippen LogP) is 3.58. The Morgan fingerprint density at radius 3 is 2.73 bits per heavy atom. The number of H-pyrrole nitrogens is 1. The number of pyridine rings is 1. The molecule has 0 spiro atoms. The number of hydrogen-bond acceptors (Lipinski definition) is 6. The Bertz CT molecular complexity index is 1160. The lowest BCUT2D eigenvalue weighted by Crippen LogP contribution is -2.24. The minimum atomic E-state index is -0.893. The Morgan fingerprint density at radius 2 is 2.03 bits per heavy atom. The molecule has 3 rings (SSSR count). The maximum absolute atomic E-state index is 12.2. The minimum absolute atomic E-state index is 0.0511. The number of hydrogen-bond donors (Lipinski definition) is 1. The second-order valence-electron chi connectivity index (χ2n) is 7.21. The number of methoxy groups -OCH3 is 1. The smallest absolute Gasteiger partial charge is 0.251 e. The molecule has 8 heteroatoms. The third-order valence-corrected chi connectivity index (χ3v) is 5.16. The standard InChI is InChI=1S/C22H23ClN4O3/c1-4-14-9-15-5-6-16(10-18(15)26-20(14)28)22(2,13-24)12-17-11-19(27-21(23)25-17)30-8-7-29-3/h5-6,9-11H,4,7-8,12H2,1-3H3,(H,26,28). The molecule has 0 bridgehead atoms. The molecule has 0 fully saturated rings. The number of ether oxygens (including phenoxy) is 2. The fourth-order valence-corrected chi connectivity index (χ4v) is 3.45. The lowest BCUT2D eigenvalue weighted by Gasteiger charge is -2.22. The minimum Gasteiger partial charge on any atom is -0.475 e. The Morgan fingerprint density at radius 1 is 1.23 bits per heavy atom. The molecular weight excluding hydrogens is 404 g/mol. The first-order chi connectivity index (χ1) is 14.4. The molecule has 0 aliphatic rings. The Balaban J connectivity index is 1.94. The molecule has 30 heavy (non-hydrogen) atoms. The van der Waals surface area contributed by atoms with Gasteiger partial charge in [0.05, 0.1) is 23.8 Å². The van der Waals surface area contributed by atoms with Crippen molar-refractivity contribution >= 4 is 22.5 Å². The normalized spacial score (nSPS) is 13.0. The lowest BCUT2D eigenvalue weighted by molar-refractivity contribution is 0.143. The summed E-state index contributed by atoms with van der Waals surface area (Å²) in [7, 11) is 1.58. The summed E-state index contributed by atoms with van der Waals surface area (Å²) in [5.41, 5.74) is 1.78. The van der Waals surface area contributed by atoms with Crippen molar-refractivity contribution < 1.29 is 9.47 Å². The quantitative estimate of drug-likeness (QED) is 0.436. The number of rotatable bonds is 8. The molecule has 0 saturated carbocycles. The van der Waals surface area contributed by atoms with Crippen LogP contribution < -0.4 is 10.3 Å². The van der Waals surface area contributed by atoms with Gasteiger partial charge in [-0.25, -0.2) is 4.98 Å². The number of nitrogens with one attached hydrogen (secondary N) is 1. The van der Waals surface area contributed by atoms with Crippen LogP contribution in [0.3, 0.4) is 0 Å². The highest BCUT2D eigenvalue weighted by atomic mass is 35.5. The van der Waals surface area contributed by atoms with E-state index in [4.69, 9.17) is 21.1 Å². The van der Waals surface area contributed by atoms with Crippen molar-refractivity contribution in [3.8, 4) is 11.9 Å². The van der Waals surface area contributed by atoms with Crippen molar-refractivity contribution in [1.82, 2.24) is 15.0 Å². The van der Waals surface area contributed by atoms with Gasteiger partial charge in [0.25, 0.3) is 5.56 Å². The van der Waals surface area contributed by atoms with E-state index in [0.717, 1.165) is 16.5 Å². The third-order valence-electron chi connectivity index (χ3n) is 4.99. The van der Waals surface area contributed by atoms with Gasteiger partial charge in [-0.1, -0.05) is 19.1 Å². The zero-order chi connectivity index (χ0) is 21.7. The van der Waals surface area contributed by atoms with Crippen LogP contribution in [0.15, 0.2) is 35.1 Å². The first-order valence-corrected chi connectivity index (χ1v) is 9.99. The SMILES string of the molecule is CCc1cc2ccc(C(C)(C#N)Cc3cc(OCCOC)nc(Cl)n3)cc2[nH]c1=O. The first kappa shape index (κ1) is 21.8. The van der Waals surface area contributed by atoms with Crippen LogP contribution >= 0.6 is 11.6 Å². The molecule has 0 aliphatic carbocycles. The van der Waals surface area contributed by atoms with Gasteiger partial charge in [-0.05, 0) is 48.0 Å². The van der Waals surface area contributed by atoms with E-state index in [1.807, 2.05) is 38.1 Å². The van der Waals surface area contributed by atoms with Crippen molar-refractivity contribution in [3.63, 3.8) is 0 Å². The van der Waals surface area contributed by atoms with Gasteiger partial charge >= 0.3 is 0 Å². The summed E-state index contributed by atoms with van der Waals surface area (Å²) in [5, 5.41) is 11.0. The first-order valence-electron chi connectivity index (χ1n) is 9.61. The lowest BCUT2D eigenvalue weighted by atomic mass is 9.79. The Labute approximate surface area is 179 Å². The highest BCUT2D eigenvalue weighted by Gasteiger charge is 2.28. The van der Waals surface area contributed by atoms with Crippen LogP contribution in [-0.2, 0) is 23.0 Å². The van der Waals surface area contributed by atoms with Crippen molar-refractivity contribution in [3.05, 3.63) is 62.8 Å². The number of benzene rings is 1. The van der Waals surface area contributed by atoms with Gasteiger partial charge in [0, 0.05) is 30.7 Å². The van der Waals surface area contributed by atoms with E-state index in [1.165, 1.54) is 0 Å². The van der Waals surface area contributed by atoms with E-state index in [1.54, 1.807) is 13.2 Å².